The van der Waals surface area contributed by atoms with E-state index in [1.165, 1.54) is 0 Å². The fourth-order valence-corrected chi connectivity index (χ4v) is 5.37. The third kappa shape index (κ3) is 4.12. The Morgan fingerprint density at radius 1 is 1.09 bits per heavy atom. The number of benzene rings is 1. The minimum absolute atomic E-state index is 0.0625. The molecule has 180 valence electrons. The summed E-state index contributed by atoms with van der Waals surface area (Å²) in [7, 11) is -0.536. The topological polar surface area (TPSA) is 81.1 Å². The Labute approximate surface area is 201 Å². The van der Waals surface area contributed by atoms with Crippen molar-refractivity contribution in [3.63, 3.8) is 0 Å². The molecule has 0 aliphatic carbocycles. The van der Waals surface area contributed by atoms with E-state index >= 15 is 0 Å². The smallest absolute Gasteiger partial charge is 0.445 e. The predicted octanol–water partition coefficient (Wildman–Crippen LogP) is 3.53. The van der Waals surface area contributed by atoms with Crippen LogP contribution in [0, 0.1) is 0 Å². The molecule has 2 atom stereocenters. The van der Waals surface area contributed by atoms with Gasteiger partial charge in [-0.15, -0.1) is 0 Å². The van der Waals surface area contributed by atoms with Gasteiger partial charge in [0, 0.05) is 48.3 Å². The van der Waals surface area contributed by atoms with Gasteiger partial charge in [0.1, 0.15) is 6.61 Å². The predicted molar refractivity (Wildman–Crippen MR) is 128 cm³/mol. The quantitative estimate of drug-likeness (QED) is 0.698. The molecule has 1 N–H and O–H groups in total. The van der Waals surface area contributed by atoms with Crippen molar-refractivity contribution in [2.24, 2.45) is 0 Å². The molecule has 1 aromatic carbocycles. The molecule has 1 aromatic heterocycles. The number of hydrogen-bond acceptors (Lipinski definition) is 6. The molecule has 3 aliphatic rings. The second kappa shape index (κ2) is 8.36. The summed E-state index contributed by atoms with van der Waals surface area (Å²) < 4.78 is 18.0. The van der Waals surface area contributed by atoms with Gasteiger partial charge < -0.3 is 24.1 Å². The van der Waals surface area contributed by atoms with Crippen LogP contribution < -0.4 is 5.46 Å². The van der Waals surface area contributed by atoms with Crippen molar-refractivity contribution in [1.29, 1.82) is 0 Å². The Hall–Kier alpha value is -2.42. The highest BCUT2D eigenvalue weighted by molar-refractivity contribution is 6.62. The molecule has 3 saturated heterocycles. The molecule has 0 radical (unpaired) electrons. The number of fused-ring (bicyclic) bond motifs is 2. The molecule has 2 bridgehead atoms. The number of aliphatic hydroxyl groups is 1. The van der Waals surface area contributed by atoms with Crippen molar-refractivity contribution < 1.29 is 23.9 Å². The van der Waals surface area contributed by atoms with Gasteiger partial charge in [-0.1, -0.05) is 36.4 Å². The van der Waals surface area contributed by atoms with Crippen LogP contribution in [-0.4, -0.2) is 51.5 Å². The minimum Gasteiger partial charge on any atom is -0.445 e. The highest BCUT2D eigenvalue weighted by Gasteiger charge is 2.53. The normalized spacial score (nSPS) is 29.3. The SMILES string of the molecule is CC1(C)OB(c2cncc(C3(O)CC4CCC(C3)N4C(=O)OCc3ccccc3)c2)OC1(C)C. The van der Waals surface area contributed by atoms with Crippen molar-refractivity contribution in [1.82, 2.24) is 9.88 Å². The Kier molecular flexibility index (Phi) is 5.74. The lowest BCUT2D eigenvalue weighted by Crippen LogP contribution is -2.52. The lowest BCUT2D eigenvalue weighted by atomic mass is 9.75. The van der Waals surface area contributed by atoms with Gasteiger partial charge >= 0.3 is 13.2 Å². The number of piperidine rings is 1. The molecule has 2 unspecified atom stereocenters. The summed E-state index contributed by atoms with van der Waals surface area (Å²) in [5.74, 6) is 0. The van der Waals surface area contributed by atoms with Gasteiger partial charge in [-0.25, -0.2) is 4.79 Å². The van der Waals surface area contributed by atoms with Crippen LogP contribution in [0.2, 0.25) is 0 Å². The van der Waals surface area contributed by atoms with Crippen LogP contribution in [0.3, 0.4) is 0 Å². The molecule has 7 nitrogen and oxygen atoms in total. The molecule has 1 amide bonds. The molecular formula is C26H33BN2O5. The summed E-state index contributed by atoms with van der Waals surface area (Å²) in [5.41, 5.74) is 0.539. The van der Waals surface area contributed by atoms with Crippen molar-refractivity contribution in [2.75, 3.05) is 0 Å². The van der Waals surface area contributed by atoms with E-state index < -0.39 is 23.9 Å². The third-order valence-electron chi connectivity index (χ3n) is 8.00. The minimum atomic E-state index is -1.06. The summed E-state index contributed by atoms with van der Waals surface area (Å²) in [6, 6.07) is 11.5. The van der Waals surface area contributed by atoms with Gasteiger partial charge in [-0.05, 0) is 46.1 Å². The zero-order valence-electron chi connectivity index (χ0n) is 20.4. The molecule has 2 aromatic rings. The number of carbonyl (C=O) groups excluding carboxylic acids is 1. The first-order valence-corrected chi connectivity index (χ1v) is 12.1. The molecule has 3 fully saturated rings. The maximum Gasteiger partial charge on any atom is 0.496 e. The molecule has 5 rings (SSSR count). The largest absolute Gasteiger partial charge is 0.496 e. The monoisotopic (exact) mass is 464 g/mol. The zero-order chi connectivity index (χ0) is 24.1. The second-order valence-corrected chi connectivity index (χ2v) is 10.9. The summed E-state index contributed by atoms with van der Waals surface area (Å²) in [4.78, 5) is 19.2. The van der Waals surface area contributed by atoms with Crippen molar-refractivity contribution in [2.45, 2.75) is 88.9 Å². The van der Waals surface area contributed by atoms with Gasteiger partial charge in [0.2, 0.25) is 0 Å². The molecular weight excluding hydrogens is 431 g/mol. The van der Waals surface area contributed by atoms with Gasteiger partial charge in [0.05, 0.1) is 16.8 Å². The highest BCUT2D eigenvalue weighted by atomic mass is 16.7. The Balaban J connectivity index is 1.30. The van der Waals surface area contributed by atoms with Crippen molar-refractivity contribution in [3.8, 4) is 0 Å². The lowest BCUT2D eigenvalue weighted by molar-refractivity contribution is -0.0538. The summed E-state index contributed by atoms with van der Waals surface area (Å²) >= 11 is 0. The van der Waals surface area contributed by atoms with Crippen LogP contribution in [0.5, 0.6) is 0 Å². The van der Waals surface area contributed by atoms with E-state index in [0.717, 1.165) is 29.4 Å². The number of pyridine rings is 1. The number of nitrogens with zero attached hydrogens (tertiary/aromatic N) is 2. The van der Waals surface area contributed by atoms with Gasteiger partial charge in [0.25, 0.3) is 0 Å². The summed E-state index contributed by atoms with van der Waals surface area (Å²) in [6.07, 6.45) is 5.78. The maximum atomic E-state index is 12.9. The zero-order valence-corrected chi connectivity index (χ0v) is 20.4. The molecule has 4 heterocycles. The first-order valence-electron chi connectivity index (χ1n) is 12.1. The number of hydrogen-bond donors (Lipinski definition) is 1. The first-order chi connectivity index (χ1) is 16.1. The Morgan fingerprint density at radius 3 is 2.32 bits per heavy atom. The Morgan fingerprint density at radius 2 is 1.71 bits per heavy atom. The van der Waals surface area contributed by atoms with E-state index in [9.17, 15) is 9.90 Å². The second-order valence-electron chi connectivity index (χ2n) is 10.9. The van der Waals surface area contributed by atoms with E-state index in [-0.39, 0.29) is 24.8 Å². The molecule has 0 saturated carbocycles. The van der Waals surface area contributed by atoms with Crippen molar-refractivity contribution >= 4 is 18.7 Å². The third-order valence-corrected chi connectivity index (χ3v) is 8.00. The molecule has 0 spiro atoms. The lowest BCUT2D eigenvalue weighted by Gasteiger charge is -2.43. The molecule has 34 heavy (non-hydrogen) atoms. The molecule has 3 aliphatic heterocycles. The number of amides is 1. The number of rotatable bonds is 4. The number of carbonyl (C=O) groups is 1. The fourth-order valence-electron chi connectivity index (χ4n) is 5.37. The van der Waals surface area contributed by atoms with E-state index in [2.05, 4.69) is 4.98 Å². The van der Waals surface area contributed by atoms with Crippen LogP contribution in [0.25, 0.3) is 0 Å². The van der Waals surface area contributed by atoms with E-state index in [1.54, 1.807) is 12.4 Å². The van der Waals surface area contributed by atoms with E-state index in [1.807, 2.05) is 69.0 Å². The van der Waals surface area contributed by atoms with Crippen LogP contribution in [0.4, 0.5) is 4.79 Å². The van der Waals surface area contributed by atoms with Gasteiger partial charge in [-0.3, -0.25) is 4.98 Å². The van der Waals surface area contributed by atoms with Crippen LogP contribution >= 0.6 is 0 Å². The number of aromatic nitrogens is 1. The van der Waals surface area contributed by atoms with E-state index in [0.29, 0.717) is 12.8 Å². The highest BCUT2D eigenvalue weighted by Crippen LogP contribution is 2.46. The average Bonchev–Trinajstić information content (AvgIpc) is 3.21. The maximum absolute atomic E-state index is 12.9. The Bertz CT molecular complexity index is 1030. The van der Waals surface area contributed by atoms with Gasteiger partial charge in [-0.2, -0.15) is 0 Å². The van der Waals surface area contributed by atoms with E-state index in [4.69, 9.17) is 14.0 Å². The van der Waals surface area contributed by atoms with Crippen LogP contribution in [0.1, 0.15) is 64.5 Å². The standard InChI is InChI=1S/C26H33BN2O5/c1-24(2)25(3,4)34-27(33-24)20-12-19(15-28-16-20)26(31)13-21-10-11-22(14-26)29(21)23(30)32-17-18-8-6-5-7-9-18/h5-9,12,15-16,21-22,31H,10-11,13-14,17H2,1-4H3. The van der Waals surface area contributed by atoms with Crippen LogP contribution in [0.15, 0.2) is 48.8 Å². The summed E-state index contributed by atoms with van der Waals surface area (Å²) in [6.45, 7) is 8.31. The molecule has 8 heteroatoms. The summed E-state index contributed by atoms with van der Waals surface area (Å²) in [5, 5.41) is 11.7. The first kappa shape index (κ1) is 23.3. The van der Waals surface area contributed by atoms with Crippen LogP contribution in [-0.2, 0) is 26.3 Å². The average molecular weight is 464 g/mol. The fraction of sp³-hybridized carbons (Fsp3) is 0.538. The van der Waals surface area contributed by atoms with Gasteiger partial charge in [0.15, 0.2) is 0 Å². The number of ether oxygens (including phenoxy) is 1. The van der Waals surface area contributed by atoms with Crippen molar-refractivity contribution in [3.05, 3.63) is 59.9 Å².